The number of amidine groups is 1. The molecule has 246 valence electrons. The number of carbonyl (C=O) groups is 2. The average molecular weight is 644 g/mol. The number of carbonyl (C=O) groups excluding carboxylic acids is 2. The van der Waals surface area contributed by atoms with E-state index in [2.05, 4.69) is 15.3 Å². The maximum Gasteiger partial charge on any atom is 0.247 e. The van der Waals surface area contributed by atoms with Gasteiger partial charge in [0.1, 0.15) is 17.3 Å². The fourth-order valence-corrected chi connectivity index (χ4v) is 6.72. The molecule has 0 radical (unpaired) electrons. The number of amides is 2. The number of rotatable bonds is 13. The lowest BCUT2D eigenvalue weighted by Crippen LogP contribution is -2.51. The number of hydrogen-bond donors (Lipinski definition) is 3. The van der Waals surface area contributed by atoms with Gasteiger partial charge in [0.15, 0.2) is 0 Å². The van der Waals surface area contributed by atoms with Crippen LogP contribution >= 0.6 is 0 Å². The van der Waals surface area contributed by atoms with Crippen molar-refractivity contribution >= 4 is 33.4 Å². The number of aliphatic imine (C=N–C) groups is 1. The third kappa shape index (κ3) is 10.1. The fourth-order valence-electron chi connectivity index (χ4n) is 5.01. The highest BCUT2D eigenvalue weighted by Crippen LogP contribution is 2.29. The van der Waals surface area contributed by atoms with E-state index < -0.39 is 21.2 Å². The highest BCUT2D eigenvalue weighted by molar-refractivity contribution is 7.89. The van der Waals surface area contributed by atoms with Crippen molar-refractivity contribution in [1.29, 1.82) is 0 Å². The SMILES string of the molecule is CC=C(/C=C\C=C/CC(=O)NO)CN1CCN(S(=O)(=O)C2C=CC(OCC)=C(C(=Nc3cn(C)nc3CC)NC(C)=O)C2)CC1. The van der Waals surface area contributed by atoms with Crippen molar-refractivity contribution in [3.05, 3.63) is 71.3 Å². The molecule has 0 saturated carbocycles. The second kappa shape index (κ2) is 17.0. The van der Waals surface area contributed by atoms with Gasteiger partial charge in [-0.15, -0.1) is 0 Å². The van der Waals surface area contributed by atoms with Gasteiger partial charge in [0.25, 0.3) is 0 Å². The van der Waals surface area contributed by atoms with Crippen LogP contribution in [0.3, 0.4) is 0 Å². The highest BCUT2D eigenvalue weighted by atomic mass is 32.2. The molecule has 0 aromatic carbocycles. The van der Waals surface area contributed by atoms with Crippen LogP contribution in [0.1, 0.15) is 46.2 Å². The van der Waals surface area contributed by atoms with Gasteiger partial charge in [-0.2, -0.15) is 9.40 Å². The third-order valence-electron chi connectivity index (χ3n) is 7.33. The number of piperazine rings is 1. The topological polar surface area (TPSA) is 158 Å². The largest absolute Gasteiger partial charge is 0.493 e. The first-order valence-electron chi connectivity index (χ1n) is 15.1. The molecule has 2 heterocycles. The molecule has 0 spiro atoms. The standard InChI is InChI=1S/C31H45N7O6S/c1-6-24(12-10-9-11-13-30(40)35-41)21-37-16-18-38(19-17-37)45(42,43)25-14-15-29(44-8-3)26(20-25)31(32-23(4)39)33-28-22-36(5)34-27(28)7-2/h6,9-12,14-15,22,25,41H,7-8,13,16-21H2,1-5H3,(H,35,40)(H,32,33,39)/b11-9-,12-10-,24-6?. The van der Waals surface area contributed by atoms with Crippen LogP contribution in [0, 0.1) is 0 Å². The van der Waals surface area contributed by atoms with Gasteiger partial charge in [0.2, 0.25) is 21.8 Å². The second-order valence-corrected chi connectivity index (χ2v) is 12.8. The highest BCUT2D eigenvalue weighted by Gasteiger charge is 2.36. The third-order valence-corrected chi connectivity index (χ3v) is 9.51. The van der Waals surface area contributed by atoms with E-state index in [-0.39, 0.29) is 24.6 Å². The summed E-state index contributed by atoms with van der Waals surface area (Å²) in [5, 5.41) is 14.9. The number of ether oxygens (including phenoxy) is 1. The Hall–Kier alpha value is -3.85. The van der Waals surface area contributed by atoms with Gasteiger partial charge < -0.3 is 10.1 Å². The molecule has 3 N–H and O–H groups in total. The predicted octanol–water partition coefficient (Wildman–Crippen LogP) is 2.67. The van der Waals surface area contributed by atoms with E-state index in [1.807, 2.05) is 39.0 Å². The molecule has 1 atom stereocenters. The maximum atomic E-state index is 13.9. The molecule has 1 aromatic rings. The molecule has 14 heteroatoms. The molecule has 45 heavy (non-hydrogen) atoms. The van der Waals surface area contributed by atoms with Crippen molar-refractivity contribution in [3.63, 3.8) is 0 Å². The van der Waals surface area contributed by atoms with E-state index in [1.54, 1.807) is 47.7 Å². The summed E-state index contributed by atoms with van der Waals surface area (Å²) in [5.74, 6) is -0.0891. The summed E-state index contributed by atoms with van der Waals surface area (Å²) in [4.78, 5) is 30.3. The molecule has 0 bridgehead atoms. The molecule has 1 saturated heterocycles. The first kappa shape index (κ1) is 35.6. The minimum absolute atomic E-state index is 0.0779. The average Bonchev–Trinajstić information content (AvgIpc) is 3.38. The van der Waals surface area contributed by atoms with Gasteiger partial charge in [-0.05, 0) is 31.9 Å². The summed E-state index contributed by atoms with van der Waals surface area (Å²) in [7, 11) is -1.93. The molecule has 13 nitrogen and oxygen atoms in total. The van der Waals surface area contributed by atoms with E-state index in [0.717, 1.165) is 11.3 Å². The summed E-state index contributed by atoms with van der Waals surface area (Å²) >= 11 is 0. The van der Waals surface area contributed by atoms with Crippen LogP contribution in [0.5, 0.6) is 0 Å². The van der Waals surface area contributed by atoms with E-state index >= 15 is 0 Å². The molecule has 1 fully saturated rings. The van der Waals surface area contributed by atoms with Crippen LogP contribution in [0.2, 0.25) is 0 Å². The number of aromatic nitrogens is 2. The fraction of sp³-hybridized carbons (Fsp3) is 0.484. The second-order valence-electron chi connectivity index (χ2n) is 10.6. The van der Waals surface area contributed by atoms with Crippen molar-refractivity contribution in [2.75, 3.05) is 39.3 Å². The Morgan fingerprint density at radius 1 is 1.20 bits per heavy atom. The van der Waals surface area contributed by atoms with Crippen molar-refractivity contribution in [3.8, 4) is 0 Å². The number of nitrogens with zero attached hydrogens (tertiary/aromatic N) is 5. The van der Waals surface area contributed by atoms with Crippen LogP contribution in [0.15, 0.2) is 70.6 Å². The Morgan fingerprint density at radius 2 is 1.93 bits per heavy atom. The minimum atomic E-state index is -3.73. The first-order chi connectivity index (χ1) is 21.5. The lowest BCUT2D eigenvalue weighted by atomic mass is 10.0. The molecule has 1 aliphatic carbocycles. The smallest absolute Gasteiger partial charge is 0.247 e. The number of aryl methyl sites for hydroxylation is 2. The lowest BCUT2D eigenvalue weighted by Gasteiger charge is -2.36. The van der Waals surface area contributed by atoms with Crippen LogP contribution in [-0.2, 0) is 37.8 Å². The zero-order chi connectivity index (χ0) is 33.0. The Bertz CT molecular complexity index is 1500. The molecule has 2 aliphatic rings. The van der Waals surface area contributed by atoms with E-state index in [9.17, 15) is 18.0 Å². The van der Waals surface area contributed by atoms with E-state index in [1.165, 1.54) is 11.2 Å². The number of hydrogen-bond acceptors (Lipinski definition) is 9. The Morgan fingerprint density at radius 3 is 2.56 bits per heavy atom. The predicted molar refractivity (Wildman–Crippen MR) is 173 cm³/mol. The van der Waals surface area contributed by atoms with E-state index in [4.69, 9.17) is 14.9 Å². The lowest BCUT2D eigenvalue weighted by molar-refractivity contribution is -0.128. The summed E-state index contributed by atoms with van der Waals surface area (Å²) in [6.07, 6.45) is 15.0. The van der Waals surface area contributed by atoms with Crippen molar-refractivity contribution in [2.24, 2.45) is 12.0 Å². The first-order valence-corrected chi connectivity index (χ1v) is 16.6. The molecule has 1 aliphatic heterocycles. The summed E-state index contributed by atoms with van der Waals surface area (Å²) < 4.78 is 36.8. The number of nitrogens with one attached hydrogen (secondary N) is 2. The zero-order valence-electron chi connectivity index (χ0n) is 26.7. The van der Waals surface area contributed by atoms with Gasteiger partial charge in [0.05, 0.1) is 23.7 Å². The number of hydroxylamine groups is 1. The van der Waals surface area contributed by atoms with Gasteiger partial charge in [-0.1, -0.05) is 43.4 Å². The Labute approximate surface area is 265 Å². The van der Waals surface area contributed by atoms with Crippen LogP contribution < -0.4 is 10.8 Å². The Kier molecular flexibility index (Phi) is 13.5. The van der Waals surface area contributed by atoms with Gasteiger partial charge in [0, 0.05) is 65.1 Å². The van der Waals surface area contributed by atoms with E-state index in [0.29, 0.717) is 62.8 Å². The molecular weight excluding hydrogens is 598 g/mol. The van der Waals surface area contributed by atoms with Gasteiger partial charge >= 0.3 is 0 Å². The summed E-state index contributed by atoms with van der Waals surface area (Å²) in [6.45, 7) is 10.00. The Balaban J connectivity index is 1.73. The zero-order valence-corrected chi connectivity index (χ0v) is 27.5. The summed E-state index contributed by atoms with van der Waals surface area (Å²) in [6, 6.07) is 0. The summed E-state index contributed by atoms with van der Waals surface area (Å²) in [5.41, 5.74) is 4.51. The van der Waals surface area contributed by atoms with Crippen LogP contribution in [0.25, 0.3) is 0 Å². The van der Waals surface area contributed by atoms with Gasteiger partial charge in [-0.3, -0.25) is 24.4 Å². The van der Waals surface area contributed by atoms with Crippen LogP contribution in [0.4, 0.5) is 5.69 Å². The number of allylic oxidation sites excluding steroid dienone is 4. The van der Waals surface area contributed by atoms with Gasteiger partial charge in [-0.25, -0.2) is 18.9 Å². The normalized spacial score (nSPS) is 19.1. The quantitative estimate of drug-likeness (QED) is 0.0973. The minimum Gasteiger partial charge on any atom is -0.493 e. The maximum absolute atomic E-state index is 13.9. The van der Waals surface area contributed by atoms with Crippen molar-refractivity contribution in [1.82, 2.24) is 29.8 Å². The van der Waals surface area contributed by atoms with Crippen molar-refractivity contribution in [2.45, 2.75) is 52.2 Å². The van der Waals surface area contributed by atoms with Crippen LogP contribution in [-0.4, -0.2) is 94.8 Å². The molecule has 1 unspecified atom stereocenters. The molecule has 3 rings (SSSR count). The monoisotopic (exact) mass is 643 g/mol. The molecular formula is C31H45N7O6S. The molecule has 1 aromatic heterocycles. The number of sulfonamides is 1. The molecule has 2 amide bonds. The van der Waals surface area contributed by atoms with Crippen molar-refractivity contribution < 1.29 is 28.0 Å².